The minimum Gasteiger partial charge on any atom is -0.369 e. The zero-order valence-corrected chi connectivity index (χ0v) is 8.45. The molecular weight excluding hydrogens is 202 g/mol. The number of amides is 3. The van der Waals surface area contributed by atoms with E-state index in [1.54, 1.807) is 0 Å². The molecule has 0 aliphatic carbocycles. The molecule has 15 heavy (non-hydrogen) atoms. The molecular formula is C7H15N5O3. The number of carbonyl (C=O) groups excluding carboxylic acids is 3. The van der Waals surface area contributed by atoms with Crippen LogP contribution < -0.4 is 22.3 Å². The fraction of sp³-hybridized carbons (Fsp3) is 0.571. The van der Waals surface area contributed by atoms with Gasteiger partial charge in [-0.1, -0.05) is 0 Å². The van der Waals surface area contributed by atoms with Gasteiger partial charge in [-0.25, -0.2) is 5.84 Å². The van der Waals surface area contributed by atoms with Gasteiger partial charge < -0.3 is 11.1 Å². The molecule has 86 valence electrons. The maximum atomic E-state index is 11.0. The Morgan fingerprint density at radius 3 is 2.07 bits per heavy atom. The molecule has 0 aromatic carbocycles. The zero-order valence-electron chi connectivity index (χ0n) is 8.45. The Morgan fingerprint density at radius 1 is 1.13 bits per heavy atom. The molecule has 0 unspecified atom stereocenters. The monoisotopic (exact) mass is 217 g/mol. The summed E-state index contributed by atoms with van der Waals surface area (Å²) in [5.41, 5.74) is 6.85. The van der Waals surface area contributed by atoms with Gasteiger partial charge >= 0.3 is 0 Å². The first-order chi connectivity index (χ1) is 6.99. The summed E-state index contributed by atoms with van der Waals surface area (Å²) in [6.07, 6.45) is 0. The van der Waals surface area contributed by atoms with E-state index in [9.17, 15) is 14.4 Å². The van der Waals surface area contributed by atoms with Gasteiger partial charge in [0.25, 0.3) is 0 Å². The molecule has 0 aromatic rings. The first-order valence-electron chi connectivity index (χ1n) is 4.20. The van der Waals surface area contributed by atoms with Gasteiger partial charge in [-0.05, 0) is 0 Å². The largest absolute Gasteiger partial charge is 0.369 e. The molecule has 0 spiro atoms. The van der Waals surface area contributed by atoms with E-state index in [1.165, 1.54) is 11.9 Å². The lowest BCUT2D eigenvalue weighted by atomic mass is 10.4. The molecule has 6 N–H and O–H groups in total. The molecule has 0 rings (SSSR count). The second kappa shape index (κ2) is 6.74. The highest BCUT2D eigenvalue weighted by molar-refractivity contribution is 5.83. The summed E-state index contributed by atoms with van der Waals surface area (Å²) in [5, 5.41) is 2.36. The molecule has 0 saturated heterocycles. The Morgan fingerprint density at radius 2 is 1.67 bits per heavy atom. The number of likely N-dealkylation sites (N-methyl/N-ethyl adjacent to an activating group) is 1. The van der Waals surface area contributed by atoms with Gasteiger partial charge in [-0.2, -0.15) is 0 Å². The molecule has 0 atom stereocenters. The van der Waals surface area contributed by atoms with E-state index in [0.29, 0.717) is 0 Å². The lowest BCUT2D eigenvalue weighted by molar-refractivity contribution is -0.126. The van der Waals surface area contributed by atoms with Crippen LogP contribution in [-0.4, -0.2) is 49.3 Å². The quantitative estimate of drug-likeness (QED) is 0.208. The average Bonchev–Trinajstić information content (AvgIpc) is 2.16. The number of hydrogen-bond acceptors (Lipinski definition) is 5. The molecule has 0 aliphatic rings. The molecule has 0 fully saturated rings. The number of hydrogen-bond donors (Lipinski definition) is 4. The van der Waals surface area contributed by atoms with Crippen LogP contribution in [0.2, 0.25) is 0 Å². The summed E-state index contributed by atoms with van der Waals surface area (Å²) in [7, 11) is 1.45. The third-order valence-electron chi connectivity index (χ3n) is 1.55. The van der Waals surface area contributed by atoms with Crippen LogP contribution in [0.3, 0.4) is 0 Å². The maximum absolute atomic E-state index is 11.0. The number of nitrogens with one attached hydrogen (secondary N) is 2. The zero-order chi connectivity index (χ0) is 11.8. The predicted molar refractivity (Wildman–Crippen MR) is 52.0 cm³/mol. The third-order valence-corrected chi connectivity index (χ3v) is 1.55. The topological polar surface area (TPSA) is 131 Å². The van der Waals surface area contributed by atoms with Crippen molar-refractivity contribution in [1.29, 1.82) is 0 Å². The van der Waals surface area contributed by atoms with E-state index in [0.717, 1.165) is 0 Å². The van der Waals surface area contributed by atoms with Gasteiger partial charge in [-0.3, -0.25) is 24.7 Å². The summed E-state index contributed by atoms with van der Waals surface area (Å²) >= 11 is 0. The summed E-state index contributed by atoms with van der Waals surface area (Å²) < 4.78 is 0. The summed E-state index contributed by atoms with van der Waals surface area (Å²) in [6.45, 7) is -0.430. The summed E-state index contributed by atoms with van der Waals surface area (Å²) in [6, 6.07) is 0. The normalized spacial score (nSPS) is 9.80. The molecule has 0 bridgehead atoms. The van der Waals surface area contributed by atoms with Gasteiger partial charge in [0.15, 0.2) is 0 Å². The number of carbonyl (C=O) groups is 3. The van der Waals surface area contributed by atoms with Gasteiger partial charge in [0.2, 0.25) is 17.7 Å². The highest BCUT2D eigenvalue weighted by Crippen LogP contribution is 1.87. The van der Waals surface area contributed by atoms with E-state index in [1.807, 2.05) is 5.43 Å². The van der Waals surface area contributed by atoms with Crippen LogP contribution in [0.5, 0.6) is 0 Å². The van der Waals surface area contributed by atoms with Crippen molar-refractivity contribution in [3.8, 4) is 0 Å². The molecule has 3 amide bonds. The van der Waals surface area contributed by atoms with Crippen molar-refractivity contribution in [1.82, 2.24) is 15.6 Å². The lowest BCUT2D eigenvalue weighted by Crippen LogP contribution is -2.46. The Labute approximate surface area is 86.9 Å². The van der Waals surface area contributed by atoms with Gasteiger partial charge in [0, 0.05) is 7.05 Å². The Bertz CT molecular complexity index is 237. The van der Waals surface area contributed by atoms with Crippen molar-refractivity contribution in [2.24, 2.45) is 11.6 Å². The first-order valence-corrected chi connectivity index (χ1v) is 4.20. The maximum Gasteiger partial charge on any atom is 0.248 e. The average molecular weight is 217 g/mol. The van der Waals surface area contributed by atoms with Crippen LogP contribution in [0.1, 0.15) is 0 Å². The van der Waals surface area contributed by atoms with Crippen molar-refractivity contribution < 1.29 is 14.4 Å². The third kappa shape index (κ3) is 6.41. The van der Waals surface area contributed by atoms with Crippen molar-refractivity contribution in [3.05, 3.63) is 0 Å². The van der Waals surface area contributed by atoms with Crippen LogP contribution in [0.25, 0.3) is 0 Å². The second-order valence-electron chi connectivity index (χ2n) is 2.85. The van der Waals surface area contributed by atoms with Crippen molar-refractivity contribution in [2.45, 2.75) is 0 Å². The Hall–Kier alpha value is -1.67. The van der Waals surface area contributed by atoms with Crippen LogP contribution in [0, 0.1) is 0 Å². The summed E-state index contributed by atoms with van der Waals surface area (Å²) in [5.74, 6) is 3.43. The smallest absolute Gasteiger partial charge is 0.248 e. The molecule has 0 aromatic heterocycles. The molecule has 0 aliphatic heterocycles. The van der Waals surface area contributed by atoms with Crippen LogP contribution in [0.15, 0.2) is 0 Å². The summed E-state index contributed by atoms with van der Waals surface area (Å²) in [4.78, 5) is 33.8. The van der Waals surface area contributed by atoms with Gasteiger partial charge in [-0.15, -0.1) is 0 Å². The van der Waals surface area contributed by atoms with E-state index in [-0.39, 0.29) is 25.5 Å². The molecule has 8 heteroatoms. The number of nitrogens with two attached hydrogens (primary N) is 2. The number of nitrogens with zero attached hydrogens (tertiary/aromatic N) is 1. The fourth-order valence-corrected chi connectivity index (χ4v) is 0.919. The molecule has 0 radical (unpaired) electrons. The fourth-order valence-electron chi connectivity index (χ4n) is 0.919. The lowest BCUT2D eigenvalue weighted by Gasteiger charge is -2.18. The van der Waals surface area contributed by atoms with Crippen molar-refractivity contribution in [3.63, 3.8) is 0 Å². The number of rotatable bonds is 6. The predicted octanol–water partition coefficient (Wildman–Crippen LogP) is -3.49. The molecule has 0 saturated carbocycles. The van der Waals surface area contributed by atoms with Crippen LogP contribution in [-0.2, 0) is 14.4 Å². The SMILES string of the molecule is CNC(=O)CN(CC(N)=O)CC(=O)NN. The first kappa shape index (κ1) is 13.3. The molecule has 0 heterocycles. The van der Waals surface area contributed by atoms with E-state index < -0.39 is 11.8 Å². The number of primary amides is 1. The Balaban J connectivity index is 4.23. The van der Waals surface area contributed by atoms with Crippen molar-refractivity contribution in [2.75, 3.05) is 26.7 Å². The van der Waals surface area contributed by atoms with Crippen molar-refractivity contribution >= 4 is 17.7 Å². The number of hydrazine groups is 1. The van der Waals surface area contributed by atoms with E-state index >= 15 is 0 Å². The van der Waals surface area contributed by atoms with Crippen LogP contribution >= 0.6 is 0 Å². The standard InChI is InChI=1S/C7H15N5O3/c1-10-6(14)3-12(2-5(8)13)4-7(15)11-9/h2-4,9H2,1H3,(H2,8,13)(H,10,14)(H,11,15). The van der Waals surface area contributed by atoms with E-state index in [2.05, 4.69) is 5.32 Å². The second-order valence-corrected chi connectivity index (χ2v) is 2.85. The Kier molecular flexibility index (Phi) is 5.99. The minimum atomic E-state index is -0.622. The minimum absolute atomic E-state index is 0.0904. The highest BCUT2D eigenvalue weighted by Gasteiger charge is 2.15. The van der Waals surface area contributed by atoms with Crippen LogP contribution in [0.4, 0.5) is 0 Å². The highest BCUT2D eigenvalue weighted by atomic mass is 16.2. The van der Waals surface area contributed by atoms with Gasteiger partial charge in [0.05, 0.1) is 19.6 Å². The molecule has 8 nitrogen and oxygen atoms in total. The van der Waals surface area contributed by atoms with E-state index in [4.69, 9.17) is 11.6 Å². The van der Waals surface area contributed by atoms with Gasteiger partial charge in [0.1, 0.15) is 0 Å².